The van der Waals surface area contributed by atoms with Crippen molar-refractivity contribution in [1.29, 1.82) is 0 Å². The van der Waals surface area contributed by atoms with E-state index in [4.69, 9.17) is 14.2 Å². The predicted octanol–water partition coefficient (Wildman–Crippen LogP) is 4.51. The Kier molecular flexibility index (Phi) is 4.19. The molecule has 24 heavy (non-hydrogen) atoms. The standard InChI is InChI=1S/C21H24O3/c1-22-16-5-3-4-15(13-16)21-20-8-6-14-12-17(23-2)7-9-18(14)19(20)10-11-24-21/h3-5,7,9,12-13,19-21H,6,8,10-11H2,1-2H3/t19-,20-,21+/m1/s1. The molecule has 1 saturated heterocycles. The fraction of sp³-hybridized carbons (Fsp3) is 0.429. The van der Waals surface area contributed by atoms with Gasteiger partial charge < -0.3 is 14.2 Å². The number of hydrogen-bond acceptors (Lipinski definition) is 3. The Bertz CT molecular complexity index is 725. The predicted molar refractivity (Wildman–Crippen MR) is 93.9 cm³/mol. The molecule has 3 nitrogen and oxygen atoms in total. The molecule has 4 rings (SSSR count). The van der Waals surface area contributed by atoms with Crippen LogP contribution in [0.25, 0.3) is 0 Å². The summed E-state index contributed by atoms with van der Waals surface area (Å²) < 4.78 is 17.0. The van der Waals surface area contributed by atoms with Crippen molar-refractivity contribution in [3.8, 4) is 11.5 Å². The number of rotatable bonds is 3. The smallest absolute Gasteiger partial charge is 0.119 e. The van der Waals surface area contributed by atoms with E-state index >= 15 is 0 Å². The van der Waals surface area contributed by atoms with Crippen molar-refractivity contribution >= 4 is 0 Å². The van der Waals surface area contributed by atoms with Crippen LogP contribution in [0, 0.1) is 5.92 Å². The minimum atomic E-state index is 0.161. The molecule has 1 aliphatic heterocycles. The molecule has 0 aromatic heterocycles. The van der Waals surface area contributed by atoms with Crippen molar-refractivity contribution in [2.75, 3.05) is 20.8 Å². The van der Waals surface area contributed by atoms with Gasteiger partial charge in [0.15, 0.2) is 0 Å². The Hall–Kier alpha value is -2.00. The zero-order valence-electron chi connectivity index (χ0n) is 14.3. The second-order valence-electron chi connectivity index (χ2n) is 6.73. The van der Waals surface area contributed by atoms with E-state index in [0.29, 0.717) is 11.8 Å². The Morgan fingerprint density at radius 3 is 2.62 bits per heavy atom. The summed E-state index contributed by atoms with van der Waals surface area (Å²) in [5.41, 5.74) is 4.17. The lowest BCUT2D eigenvalue weighted by Gasteiger charge is -2.42. The summed E-state index contributed by atoms with van der Waals surface area (Å²) in [5, 5.41) is 0. The van der Waals surface area contributed by atoms with Gasteiger partial charge in [-0.05, 0) is 72.1 Å². The van der Waals surface area contributed by atoms with E-state index in [-0.39, 0.29) is 6.10 Å². The molecule has 1 heterocycles. The lowest BCUT2D eigenvalue weighted by Crippen LogP contribution is -2.33. The van der Waals surface area contributed by atoms with Crippen LogP contribution < -0.4 is 9.47 Å². The fourth-order valence-electron chi connectivity index (χ4n) is 4.38. The maximum absolute atomic E-state index is 6.21. The van der Waals surface area contributed by atoms with Gasteiger partial charge in [-0.15, -0.1) is 0 Å². The van der Waals surface area contributed by atoms with Crippen LogP contribution >= 0.6 is 0 Å². The molecule has 0 saturated carbocycles. The number of hydrogen-bond donors (Lipinski definition) is 0. The third-order valence-corrected chi connectivity index (χ3v) is 5.55. The molecule has 1 aliphatic carbocycles. The highest BCUT2D eigenvalue weighted by molar-refractivity contribution is 5.41. The zero-order chi connectivity index (χ0) is 16.5. The minimum absolute atomic E-state index is 0.161. The van der Waals surface area contributed by atoms with Crippen molar-refractivity contribution in [3.05, 3.63) is 59.2 Å². The maximum Gasteiger partial charge on any atom is 0.119 e. The Morgan fingerprint density at radius 1 is 0.958 bits per heavy atom. The van der Waals surface area contributed by atoms with E-state index in [1.54, 1.807) is 14.2 Å². The lowest BCUT2D eigenvalue weighted by atomic mass is 9.69. The molecule has 1 fully saturated rings. The van der Waals surface area contributed by atoms with E-state index in [1.807, 2.05) is 6.07 Å². The number of fused-ring (bicyclic) bond motifs is 3. The highest BCUT2D eigenvalue weighted by Gasteiger charge is 2.39. The van der Waals surface area contributed by atoms with Crippen molar-refractivity contribution in [1.82, 2.24) is 0 Å². The van der Waals surface area contributed by atoms with Gasteiger partial charge in [-0.3, -0.25) is 0 Å². The third-order valence-electron chi connectivity index (χ3n) is 5.55. The van der Waals surface area contributed by atoms with Crippen molar-refractivity contribution in [3.63, 3.8) is 0 Å². The molecule has 3 heteroatoms. The van der Waals surface area contributed by atoms with Gasteiger partial charge in [-0.25, -0.2) is 0 Å². The van der Waals surface area contributed by atoms with Crippen molar-refractivity contribution < 1.29 is 14.2 Å². The molecule has 2 aliphatic rings. The van der Waals surface area contributed by atoms with Crippen LogP contribution in [-0.2, 0) is 11.2 Å². The first-order valence-corrected chi connectivity index (χ1v) is 8.72. The normalized spacial score (nSPS) is 25.5. The number of benzene rings is 2. The number of ether oxygens (including phenoxy) is 3. The molecule has 2 aromatic rings. The Morgan fingerprint density at radius 2 is 1.79 bits per heavy atom. The van der Waals surface area contributed by atoms with Gasteiger partial charge in [-0.1, -0.05) is 18.2 Å². The molecule has 3 atom stereocenters. The van der Waals surface area contributed by atoms with Gasteiger partial charge in [0.2, 0.25) is 0 Å². The molecular weight excluding hydrogens is 300 g/mol. The van der Waals surface area contributed by atoms with Crippen LogP contribution in [-0.4, -0.2) is 20.8 Å². The summed E-state index contributed by atoms with van der Waals surface area (Å²) >= 11 is 0. The Balaban J connectivity index is 1.66. The molecule has 0 unspecified atom stereocenters. The van der Waals surface area contributed by atoms with Gasteiger partial charge >= 0.3 is 0 Å². The third kappa shape index (κ3) is 2.67. The summed E-state index contributed by atoms with van der Waals surface area (Å²) in [7, 11) is 3.45. The topological polar surface area (TPSA) is 27.7 Å². The molecule has 0 radical (unpaired) electrons. The maximum atomic E-state index is 6.21. The molecule has 0 amide bonds. The lowest BCUT2D eigenvalue weighted by molar-refractivity contribution is -0.0460. The SMILES string of the molecule is COc1cccc([C@@H]2OCC[C@@H]3c4ccc(OC)cc4CC[C@H]32)c1. The molecule has 0 spiro atoms. The van der Waals surface area contributed by atoms with Crippen LogP contribution in [0.2, 0.25) is 0 Å². The first kappa shape index (κ1) is 15.5. The molecule has 0 bridgehead atoms. The highest BCUT2D eigenvalue weighted by atomic mass is 16.5. The summed E-state index contributed by atoms with van der Waals surface area (Å²) in [4.78, 5) is 0. The summed E-state index contributed by atoms with van der Waals surface area (Å²) in [5.74, 6) is 2.97. The molecular formula is C21H24O3. The number of aryl methyl sites for hydroxylation is 1. The average molecular weight is 324 g/mol. The first-order chi connectivity index (χ1) is 11.8. The van der Waals surface area contributed by atoms with E-state index < -0.39 is 0 Å². The number of methoxy groups -OCH3 is 2. The summed E-state index contributed by atoms with van der Waals surface area (Å²) in [6, 6.07) is 14.9. The minimum Gasteiger partial charge on any atom is -0.497 e. The molecule has 126 valence electrons. The van der Waals surface area contributed by atoms with Gasteiger partial charge in [-0.2, -0.15) is 0 Å². The van der Waals surface area contributed by atoms with Gasteiger partial charge in [0.25, 0.3) is 0 Å². The highest BCUT2D eigenvalue weighted by Crippen LogP contribution is 2.49. The van der Waals surface area contributed by atoms with Crippen LogP contribution in [0.15, 0.2) is 42.5 Å². The zero-order valence-corrected chi connectivity index (χ0v) is 14.3. The first-order valence-electron chi connectivity index (χ1n) is 8.72. The molecule has 0 N–H and O–H groups in total. The van der Waals surface area contributed by atoms with E-state index in [1.165, 1.54) is 16.7 Å². The van der Waals surface area contributed by atoms with Gasteiger partial charge in [0.1, 0.15) is 11.5 Å². The summed E-state index contributed by atoms with van der Waals surface area (Å²) in [6.45, 7) is 0.814. The van der Waals surface area contributed by atoms with E-state index in [2.05, 4.69) is 36.4 Å². The quantitative estimate of drug-likeness (QED) is 0.831. The van der Waals surface area contributed by atoms with Crippen molar-refractivity contribution in [2.24, 2.45) is 5.92 Å². The van der Waals surface area contributed by atoms with Crippen LogP contribution in [0.5, 0.6) is 11.5 Å². The van der Waals surface area contributed by atoms with Crippen LogP contribution in [0.3, 0.4) is 0 Å². The summed E-state index contributed by atoms with van der Waals surface area (Å²) in [6.07, 6.45) is 3.52. The van der Waals surface area contributed by atoms with Crippen molar-refractivity contribution in [2.45, 2.75) is 31.3 Å². The van der Waals surface area contributed by atoms with E-state index in [0.717, 1.165) is 37.4 Å². The average Bonchev–Trinajstić information content (AvgIpc) is 2.66. The van der Waals surface area contributed by atoms with Gasteiger partial charge in [0.05, 0.1) is 20.3 Å². The molecule has 2 aromatic carbocycles. The van der Waals surface area contributed by atoms with Gasteiger partial charge in [0, 0.05) is 6.61 Å². The second-order valence-corrected chi connectivity index (χ2v) is 6.73. The van der Waals surface area contributed by atoms with Crippen LogP contribution in [0.4, 0.5) is 0 Å². The van der Waals surface area contributed by atoms with Crippen LogP contribution in [0.1, 0.15) is 41.6 Å². The monoisotopic (exact) mass is 324 g/mol. The second kappa shape index (κ2) is 6.48. The fourth-order valence-corrected chi connectivity index (χ4v) is 4.38. The largest absolute Gasteiger partial charge is 0.497 e. The Labute approximate surface area is 143 Å². The van der Waals surface area contributed by atoms with E-state index in [9.17, 15) is 0 Å².